The summed E-state index contributed by atoms with van der Waals surface area (Å²) in [7, 11) is 1.85. The van der Waals surface area contributed by atoms with Crippen molar-refractivity contribution < 1.29 is 9.84 Å². The quantitative estimate of drug-likeness (QED) is 0.303. The minimum atomic E-state index is -0.247. The smallest absolute Gasteiger partial charge is 0.229 e. The van der Waals surface area contributed by atoms with E-state index in [1.807, 2.05) is 22.7 Å². The maximum absolute atomic E-state index is 9.91. The van der Waals surface area contributed by atoms with Crippen LogP contribution < -0.4 is 10.2 Å². The Labute approximate surface area is 214 Å². The van der Waals surface area contributed by atoms with Crippen LogP contribution >= 0.6 is 23.2 Å². The molecule has 0 spiro atoms. The van der Waals surface area contributed by atoms with Gasteiger partial charge < -0.3 is 25.0 Å². The maximum Gasteiger partial charge on any atom is 0.229 e. The van der Waals surface area contributed by atoms with E-state index in [4.69, 9.17) is 37.9 Å². The van der Waals surface area contributed by atoms with Crippen LogP contribution in [0.15, 0.2) is 30.9 Å². The van der Waals surface area contributed by atoms with Crippen LogP contribution in [0.1, 0.15) is 5.82 Å². The number of aromatic amines is 1. The summed E-state index contributed by atoms with van der Waals surface area (Å²) >= 11 is 12.3. The van der Waals surface area contributed by atoms with Crippen molar-refractivity contribution in [2.45, 2.75) is 12.6 Å². The van der Waals surface area contributed by atoms with Crippen LogP contribution in [0.3, 0.4) is 0 Å². The number of halogens is 2. The molecule has 3 N–H and O–H groups in total. The molecule has 186 valence electrons. The number of imidazole rings is 2. The van der Waals surface area contributed by atoms with E-state index in [9.17, 15) is 5.11 Å². The fourth-order valence-electron chi connectivity index (χ4n) is 4.24. The lowest BCUT2D eigenvalue weighted by Gasteiger charge is -2.34. The molecule has 1 aromatic carbocycles. The lowest BCUT2D eigenvalue weighted by Crippen LogP contribution is -2.48. The second-order valence-electron chi connectivity index (χ2n) is 8.46. The van der Waals surface area contributed by atoms with E-state index >= 15 is 0 Å². The number of hydrogen-bond donors (Lipinski definition) is 3. The molecule has 36 heavy (non-hydrogen) atoms. The molecule has 1 saturated heterocycles. The number of aliphatic hydroxyl groups is 1. The third kappa shape index (κ3) is 4.11. The van der Waals surface area contributed by atoms with E-state index in [-0.39, 0.29) is 12.6 Å². The molecule has 0 aliphatic carbocycles. The molecule has 5 aromatic rings. The molecule has 0 bridgehead atoms. The summed E-state index contributed by atoms with van der Waals surface area (Å²) in [4.78, 5) is 24.0. The third-order valence-electron chi connectivity index (χ3n) is 6.05. The first-order valence-electron chi connectivity index (χ1n) is 11.3. The predicted molar refractivity (Wildman–Crippen MR) is 136 cm³/mol. The number of hydrogen-bond acceptors (Lipinski definition) is 9. The number of aliphatic hydroxyl groups excluding tert-OH is 1. The van der Waals surface area contributed by atoms with Crippen molar-refractivity contribution in [3.8, 4) is 5.69 Å². The number of anilines is 2. The Bertz CT molecular complexity index is 1520. The fourth-order valence-corrected chi connectivity index (χ4v) is 4.56. The van der Waals surface area contributed by atoms with Crippen LogP contribution in [0.4, 0.5) is 11.8 Å². The highest BCUT2D eigenvalue weighted by Crippen LogP contribution is 2.28. The molecular formula is C22H22Cl2N10O2. The Morgan fingerprint density at radius 3 is 2.89 bits per heavy atom. The van der Waals surface area contributed by atoms with Gasteiger partial charge in [0.1, 0.15) is 12.2 Å². The van der Waals surface area contributed by atoms with E-state index in [1.54, 1.807) is 29.3 Å². The molecule has 0 unspecified atom stereocenters. The Kier molecular flexibility index (Phi) is 5.88. The largest absolute Gasteiger partial charge is 0.394 e. The zero-order valence-corrected chi connectivity index (χ0v) is 20.7. The highest BCUT2D eigenvalue weighted by atomic mass is 35.5. The number of H-pyrrole nitrogens is 1. The molecule has 0 radical (unpaired) electrons. The Morgan fingerprint density at radius 2 is 2.08 bits per heavy atom. The minimum Gasteiger partial charge on any atom is -0.394 e. The number of ether oxygens (including phenoxy) is 1. The highest BCUT2D eigenvalue weighted by Gasteiger charge is 2.27. The van der Waals surface area contributed by atoms with Crippen molar-refractivity contribution in [2.75, 3.05) is 36.6 Å². The van der Waals surface area contributed by atoms with Crippen LogP contribution in [0.5, 0.6) is 0 Å². The number of fused-ring (bicyclic) bond motifs is 2. The summed E-state index contributed by atoms with van der Waals surface area (Å²) < 4.78 is 9.12. The molecule has 14 heteroatoms. The number of morpholine rings is 1. The monoisotopic (exact) mass is 528 g/mol. The van der Waals surface area contributed by atoms with E-state index in [0.717, 1.165) is 16.7 Å². The van der Waals surface area contributed by atoms with Crippen molar-refractivity contribution in [2.24, 2.45) is 7.05 Å². The molecule has 6 rings (SSSR count). The first-order valence-corrected chi connectivity index (χ1v) is 12.0. The van der Waals surface area contributed by atoms with Gasteiger partial charge in [-0.15, -0.1) is 0 Å². The SMILES string of the molecule is Cn1cc(-n2cnc3c(NCc4nc5cc(Cl)c(Cl)cc5[nH]4)nc(N4CCOC[C@@H]4CO)nc32)cn1. The van der Waals surface area contributed by atoms with Gasteiger partial charge >= 0.3 is 0 Å². The lowest BCUT2D eigenvalue weighted by atomic mass is 10.2. The average Bonchev–Trinajstić information content (AvgIpc) is 3.60. The Hall–Kier alpha value is -3.45. The van der Waals surface area contributed by atoms with Crippen molar-refractivity contribution in [3.63, 3.8) is 0 Å². The summed E-state index contributed by atoms with van der Waals surface area (Å²) in [6.07, 6.45) is 5.32. The van der Waals surface area contributed by atoms with Gasteiger partial charge in [-0.1, -0.05) is 23.2 Å². The molecule has 0 saturated carbocycles. The Balaban J connectivity index is 1.40. The molecule has 1 aliphatic rings. The van der Waals surface area contributed by atoms with Gasteiger partial charge in [0.15, 0.2) is 17.0 Å². The van der Waals surface area contributed by atoms with Gasteiger partial charge in [0, 0.05) is 19.8 Å². The molecule has 1 fully saturated rings. The summed E-state index contributed by atoms with van der Waals surface area (Å²) in [5, 5.41) is 18.4. The van der Waals surface area contributed by atoms with Crippen LogP contribution in [0.2, 0.25) is 10.0 Å². The maximum atomic E-state index is 9.91. The first kappa shape index (κ1) is 23.0. The zero-order valence-electron chi connectivity index (χ0n) is 19.2. The average molecular weight is 529 g/mol. The van der Waals surface area contributed by atoms with Crippen molar-refractivity contribution in [1.82, 2.24) is 39.3 Å². The van der Waals surface area contributed by atoms with Crippen LogP contribution in [0, 0.1) is 0 Å². The van der Waals surface area contributed by atoms with E-state index in [0.29, 0.717) is 65.1 Å². The summed E-state index contributed by atoms with van der Waals surface area (Å²) in [6, 6.07) is 3.23. The van der Waals surface area contributed by atoms with E-state index in [1.165, 1.54) is 0 Å². The molecule has 12 nitrogen and oxygen atoms in total. The van der Waals surface area contributed by atoms with Gasteiger partial charge in [0.2, 0.25) is 5.95 Å². The number of aryl methyl sites for hydroxylation is 1. The topological polar surface area (TPSA) is 135 Å². The normalized spacial score (nSPS) is 16.3. The molecule has 1 aliphatic heterocycles. The van der Waals surface area contributed by atoms with Gasteiger partial charge in [-0.2, -0.15) is 15.1 Å². The summed E-state index contributed by atoms with van der Waals surface area (Å²) in [6.45, 7) is 1.75. The van der Waals surface area contributed by atoms with Gasteiger partial charge in [0.05, 0.1) is 65.4 Å². The number of benzene rings is 1. The van der Waals surface area contributed by atoms with Gasteiger partial charge in [0.25, 0.3) is 0 Å². The number of nitrogens with zero attached hydrogens (tertiary/aromatic N) is 8. The molecule has 0 amide bonds. The fraction of sp³-hybridized carbons (Fsp3) is 0.318. The van der Waals surface area contributed by atoms with Crippen molar-refractivity contribution in [3.05, 3.63) is 46.7 Å². The Morgan fingerprint density at radius 1 is 1.22 bits per heavy atom. The number of aromatic nitrogens is 8. The van der Waals surface area contributed by atoms with Crippen molar-refractivity contribution in [1.29, 1.82) is 0 Å². The van der Waals surface area contributed by atoms with Crippen LogP contribution in [-0.2, 0) is 18.3 Å². The standard InChI is InChI=1S/C22H22Cl2N10O2/c1-32-8-12(6-27-32)34-11-26-19-20(25-7-18-28-16-4-14(23)15(24)5-17(16)29-18)30-22(31-21(19)34)33-2-3-36-10-13(33)9-35/h4-6,8,11,13,35H,2-3,7,9-10H2,1H3,(H,28,29)(H,25,30,31)/t13-/m0/s1. The lowest BCUT2D eigenvalue weighted by molar-refractivity contribution is 0.0718. The summed E-state index contributed by atoms with van der Waals surface area (Å²) in [5.41, 5.74) is 3.53. The molecular weight excluding hydrogens is 507 g/mol. The van der Waals surface area contributed by atoms with Crippen LogP contribution in [-0.4, -0.2) is 76.8 Å². The third-order valence-corrected chi connectivity index (χ3v) is 6.77. The van der Waals surface area contributed by atoms with Gasteiger partial charge in [-0.05, 0) is 12.1 Å². The number of rotatable bonds is 6. The molecule has 1 atom stereocenters. The predicted octanol–water partition coefficient (Wildman–Crippen LogP) is 2.54. The van der Waals surface area contributed by atoms with Crippen LogP contribution in [0.25, 0.3) is 27.9 Å². The van der Waals surface area contributed by atoms with Crippen molar-refractivity contribution >= 4 is 57.2 Å². The molecule has 5 heterocycles. The highest BCUT2D eigenvalue weighted by molar-refractivity contribution is 6.42. The van der Waals surface area contributed by atoms with E-state index < -0.39 is 0 Å². The minimum absolute atomic E-state index is 0.0733. The van der Waals surface area contributed by atoms with Gasteiger partial charge in [-0.25, -0.2) is 9.97 Å². The second kappa shape index (κ2) is 9.21. The second-order valence-corrected chi connectivity index (χ2v) is 9.27. The molecule has 4 aromatic heterocycles. The summed E-state index contributed by atoms with van der Waals surface area (Å²) in [5.74, 6) is 1.70. The zero-order chi connectivity index (χ0) is 24.8. The number of nitrogens with one attached hydrogen (secondary N) is 2. The first-order chi connectivity index (χ1) is 17.5. The van der Waals surface area contributed by atoms with E-state index in [2.05, 4.69) is 25.4 Å². The van der Waals surface area contributed by atoms with Gasteiger partial charge in [-0.3, -0.25) is 9.25 Å².